The normalized spacial score (nSPS) is 12.2. The summed E-state index contributed by atoms with van der Waals surface area (Å²) in [6.07, 6.45) is 0. The fourth-order valence-electron chi connectivity index (χ4n) is 2.42. The van der Waals surface area contributed by atoms with Crippen molar-refractivity contribution in [1.29, 1.82) is 0 Å². The Labute approximate surface area is 120 Å². The van der Waals surface area contributed by atoms with Crippen LogP contribution in [0.15, 0.2) is 60.7 Å². The summed E-state index contributed by atoms with van der Waals surface area (Å²) >= 11 is 0. The summed E-state index contributed by atoms with van der Waals surface area (Å²) in [6.45, 7) is 5.72. The average molecular weight is 267 g/mol. The zero-order valence-electron chi connectivity index (χ0n) is 12.3. The van der Waals surface area contributed by atoms with Crippen molar-refractivity contribution in [3.63, 3.8) is 0 Å². The molecule has 2 nitrogen and oxygen atoms in total. The number of hydrogen-bond acceptors (Lipinski definition) is 2. The predicted octanol–water partition coefficient (Wildman–Crippen LogP) is 3.50. The van der Waals surface area contributed by atoms with Crippen molar-refractivity contribution < 1.29 is 4.79 Å². The maximum Gasteiger partial charge on any atom is 0.167 e. The van der Waals surface area contributed by atoms with Gasteiger partial charge in [-0.2, -0.15) is 0 Å². The summed E-state index contributed by atoms with van der Waals surface area (Å²) in [5.41, 5.74) is 6.65. The van der Waals surface area contributed by atoms with Crippen LogP contribution in [0.3, 0.4) is 0 Å². The van der Waals surface area contributed by atoms with Gasteiger partial charge in [0.05, 0.1) is 0 Å². The van der Waals surface area contributed by atoms with Gasteiger partial charge in [0, 0.05) is 5.41 Å². The molecule has 2 heteroatoms. The van der Waals surface area contributed by atoms with E-state index in [4.69, 9.17) is 5.73 Å². The van der Waals surface area contributed by atoms with Gasteiger partial charge in [-0.3, -0.25) is 4.79 Å². The van der Waals surface area contributed by atoms with Gasteiger partial charge in [-0.25, -0.2) is 0 Å². The standard InChI is InChI=1S/C18H21NO/c1-17(2,3)16(20)18(19,14-10-6-4-7-11-14)15-12-8-5-9-13-15/h4-13H,19H2,1-3H3. The summed E-state index contributed by atoms with van der Waals surface area (Å²) in [4.78, 5) is 13.0. The van der Waals surface area contributed by atoms with Crippen LogP contribution in [-0.2, 0) is 10.3 Å². The first-order chi connectivity index (χ1) is 9.37. The van der Waals surface area contributed by atoms with E-state index in [9.17, 15) is 4.79 Å². The van der Waals surface area contributed by atoms with Crippen LogP contribution in [0, 0.1) is 5.41 Å². The van der Waals surface area contributed by atoms with Gasteiger partial charge in [-0.05, 0) is 11.1 Å². The second-order valence-electron chi connectivity index (χ2n) is 6.12. The van der Waals surface area contributed by atoms with Crippen LogP contribution >= 0.6 is 0 Å². The number of Topliss-reactive ketones (excluding diaryl/α,β-unsaturated/α-hetero) is 1. The summed E-state index contributed by atoms with van der Waals surface area (Å²) in [5, 5.41) is 0. The van der Waals surface area contributed by atoms with E-state index in [1.54, 1.807) is 0 Å². The molecule has 2 aromatic rings. The molecule has 0 aliphatic heterocycles. The molecule has 2 rings (SSSR count). The predicted molar refractivity (Wildman–Crippen MR) is 82.3 cm³/mol. The zero-order valence-corrected chi connectivity index (χ0v) is 12.3. The molecule has 0 fully saturated rings. The van der Waals surface area contributed by atoms with Gasteiger partial charge in [0.2, 0.25) is 0 Å². The molecule has 0 atom stereocenters. The van der Waals surface area contributed by atoms with Crippen LogP contribution in [0.4, 0.5) is 0 Å². The van der Waals surface area contributed by atoms with E-state index in [2.05, 4.69) is 0 Å². The van der Waals surface area contributed by atoms with Crippen LogP contribution in [0.5, 0.6) is 0 Å². The fraction of sp³-hybridized carbons (Fsp3) is 0.278. The average Bonchev–Trinajstić information content (AvgIpc) is 2.46. The second kappa shape index (κ2) is 5.22. The van der Waals surface area contributed by atoms with Crippen molar-refractivity contribution in [1.82, 2.24) is 0 Å². The molecule has 0 saturated carbocycles. The Kier molecular flexibility index (Phi) is 3.78. The smallest absolute Gasteiger partial charge is 0.167 e. The van der Waals surface area contributed by atoms with Crippen LogP contribution in [0.1, 0.15) is 31.9 Å². The lowest BCUT2D eigenvalue weighted by Crippen LogP contribution is -2.51. The number of carbonyl (C=O) groups is 1. The Morgan fingerprint density at radius 2 is 1.15 bits per heavy atom. The quantitative estimate of drug-likeness (QED) is 0.924. The second-order valence-corrected chi connectivity index (χ2v) is 6.12. The topological polar surface area (TPSA) is 43.1 Å². The Balaban J connectivity index is 2.65. The highest BCUT2D eigenvalue weighted by molar-refractivity contribution is 5.96. The molecule has 0 amide bonds. The van der Waals surface area contributed by atoms with Gasteiger partial charge < -0.3 is 5.73 Å². The van der Waals surface area contributed by atoms with Crippen molar-refractivity contribution in [2.75, 3.05) is 0 Å². The third-order valence-electron chi connectivity index (χ3n) is 3.50. The molecular formula is C18H21NO. The maximum atomic E-state index is 13.0. The highest BCUT2D eigenvalue weighted by Crippen LogP contribution is 2.34. The zero-order chi connectivity index (χ0) is 14.8. The molecule has 0 spiro atoms. The lowest BCUT2D eigenvalue weighted by Gasteiger charge is -2.34. The van der Waals surface area contributed by atoms with Gasteiger partial charge in [0.1, 0.15) is 5.54 Å². The molecule has 20 heavy (non-hydrogen) atoms. The van der Waals surface area contributed by atoms with Crippen molar-refractivity contribution in [3.8, 4) is 0 Å². The molecule has 0 aliphatic carbocycles. The van der Waals surface area contributed by atoms with Crippen molar-refractivity contribution in [2.45, 2.75) is 26.3 Å². The first-order valence-corrected chi connectivity index (χ1v) is 6.81. The fourth-order valence-corrected chi connectivity index (χ4v) is 2.42. The van der Waals surface area contributed by atoms with E-state index >= 15 is 0 Å². The van der Waals surface area contributed by atoms with E-state index < -0.39 is 11.0 Å². The van der Waals surface area contributed by atoms with Gasteiger partial charge in [-0.1, -0.05) is 81.4 Å². The summed E-state index contributed by atoms with van der Waals surface area (Å²) in [6, 6.07) is 19.2. The van der Waals surface area contributed by atoms with Crippen LogP contribution < -0.4 is 5.73 Å². The molecule has 0 radical (unpaired) electrons. The van der Waals surface area contributed by atoms with E-state index in [-0.39, 0.29) is 5.78 Å². The van der Waals surface area contributed by atoms with Gasteiger partial charge in [0.15, 0.2) is 5.78 Å². The van der Waals surface area contributed by atoms with Crippen molar-refractivity contribution >= 4 is 5.78 Å². The molecular weight excluding hydrogens is 246 g/mol. The minimum absolute atomic E-state index is 0.0161. The lowest BCUT2D eigenvalue weighted by molar-refractivity contribution is -0.130. The third-order valence-corrected chi connectivity index (χ3v) is 3.50. The Morgan fingerprint density at radius 3 is 1.45 bits per heavy atom. The van der Waals surface area contributed by atoms with Crippen LogP contribution in [-0.4, -0.2) is 5.78 Å². The van der Waals surface area contributed by atoms with Crippen LogP contribution in [0.25, 0.3) is 0 Å². The number of carbonyl (C=O) groups excluding carboxylic acids is 1. The number of benzene rings is 2. The van der Waals surface area contributed by atoms with Crippen LogP contribution in [0.2, 0.25) is 0 Å². The highest BCUT2D eigenvalue weighted by atomic mass is 16.1. The summed E-state index contributed by atoms with van der Waals surface area (Å²) < 4.78 is 0. The number of ketones is 1. The molecule has 0 aromatic heterocycles. The van der Waals surface area contributed by atoms with Gasteiger partial charge >= 0.3 is 0 Å². The molecule has 104 valence electrons. The molecule has 0 unspecified atom stereocenters. The SMILES string of the molecule is CC(C)(C)C(=O)C(N)(c1ccccc1)c1ccccc1. The Hall–Kier alpha value is -1.93. The molecule has 0 saturated heterocycles. The largest absolute Gasteiger partial charge is 0.312 e. The molecule has 0 heterocycles. The molecule has 2 N–H and O–H groups in total. The highest BCUT2D eigenvalue weighted by Gasteiger charge is 2.43. The summed E-state index contributed by atoms with van der Waals surface area (Å²) in [5.74, 6) is 0.0161. The molecule has 2 aromatic carbocycles. The van der Waals surface area contributed by atoms with E-state index in [1.165, 1.54) is 0 Å². The van der Waals surface area contributed by atoms with E-state index in [0.29, 0.717) is 0 Å². The van der Waals surface area contributed by atoms with E-state index in [0.717, 1.165) is 11.1 Å². The van der Waals surface area contributed by atoms with Gasteiger partial charge in [-0.15, -0.1) is 0 Å². The minimum Gasteiger partial charge on any atom is -0.312 e. The van der Waals surface area contributed by atoms with Gasteiger partial charge in [0.25, 0.3) is 0 Å². The van der Waals surface area contributed by atoms with Crippen molar-refractivity contribution in [2.24, 2.45) is 11.1 Å². The third kappa shape index (κ3) is 2.52. The van der Waals surface area contributed by atoms with E-state index in [1.807, 2.05) is 81.4 Å². The molecule has 0 aliphatic rings. The minimum atomic E-state index is -1.11. The monoisotopic (exact) mass is 267 g/mol. The lowest BCUT2D eigenvalue weighted by atomic mass is 9.71. The Morgan fingerprint density at radius 1 is 0.800 bits per heavy atom. The number of hydrogen-bond donors (Lipinski definition) is 1. The first kappa shape index (κ1) is 14.5. The van der Waals surface area contributed by atoms with Crippen molar-refractivity contribution in [3.05, 3.63) is 71.8 Å². The number of nitrogens with two attached hydrogens (primary N) is 1. The molecule has 0 bridgehead atoms. The first-order valence-electron chi connectivity index (χ1n) is 6.81. The maximum absolute atomic E-state index is 13.0. The summed E-state index contributed by atoms with van der Waals surface area (Å²) in [7, 11) is 0. The Bertz CT molecular complexity index is 542. The number of rotatable bonds is 3.